The van der Waals surface area contributed by atoms with Crippen LogP contribution in [0.15, 0.2) is 18.3 Å². The Morgan fingerprint density at radius 2 is 2.00 bits per heavy atom. The number of halogens is 1. The molecule has 126 valence electrons. The number of ether oxygens (including phenoxy) is 1. The summed E-state index contributed by atoms with van der Waals surface area (Å²) in [4.78, 5) is 2.68. The van der Waals surface area contributed by atoms with E-state index in [4.69, 9.17) is 4.74 Å². The number of nitrogens with zero attached hydrogens (tertiary/aromatic N) is 2. The number of aryl methyl sites for hydroxylation is 1. The molecule has 0 bridgehead atoms. The molecule has 2 aliphatic rings. The van der Waals surface area contributed by atoms with Crippen LogP contribution < -0.4 is 4.74 Å². The minimum Gasteiger partial charge on any atom is -0.490 e. The molecule has 1 N–H and O–H groups in total. The van der Waals surface area contributed by atoms with Crippen LogP contribution in [0.1, 0.15) is 44.1 Å². The molecule has 2 heterocycles. The van der Waals surface area contributed by atoms with E-state index in [0.717, 1.165) is 17.3 Å². The first-order valence-electron chi connectivity index (χ1n) is 8.64. The molecule has 2 aromatic rings. The van der Waals surface area contributed by atoms with E-state index < -0.39 is 0 Å². The highest BCUT2D eigenvalue weighted by Crippen LogP contribution is 2.32. The fourth-order valence-corrected chi connectivity index (χ4v) is 4.11. The molecule has 1 saturated heterocycles. The van der Waals surface area contributed by atoms with Crippen LogP contribution in [0.4, 0.5) is 0 Å². The summed E-state index contributed by atoms with van der Waals surface area (Å²) in [5.74, 6) is 1.03. The predicted octanol–water partition coefficient (Wildman–Crippen LogP) is 4.08. The van der Waals surface area contributed by atoms with Gasteiger partial charge in [-0.25, -0.2) is 0 Å². The van der Waals surface area contributed by atoms with Crippen molar-refractivity contribution in [3.05, 3.63) is 23.9 Å². The lowest BCUT2D eigenvalue weighted by Gasteiger charge is -2.35. The van der Waals surface area contributed by atoms with Gasteiger partial charge in [-0.15, -0.1) is 12.4 Å². The summed E-state index contributed by atoms with van der Waals surface area (Å²) in [5, 5.41) is 8.32. The van der Waals surface area contributed by atoms with Gasteiger partial charge in [0, 0.05) is 17.0 Å². The summed E-state index contributed by atoms with van der Waals surface area (Å²) in [5.41, 5.74) is 2.29. The normalized spacial score (nSPS) is 25.4. The van der Waals surface area contributed by atoms with Crippen molar-refractivity contribution in [2.24, 2.45) is 0 Å². The second kappa shape index (κ2) is 7.10. The van der Waals surface area contributed by atoms with E-state index in [9.17, 15) is 0 Å². The first kappa shape index (κ1) is 16.6. The number of likely N-dealkylation sites (tertiary alicyclic amines) is 1. The molecular formula is C18H26ClN3O. The number of rotatable bonds is 3. The van der Waals surface area contributed by atoms with Crippen molar-refractivity contribution in [3.63, 3.8) is 0 Å². The number of H-pyrrole nitrogens is 1. The van der Waals surface area contributed by atoms with Crippen LogP contribution in [-0.2, 0) is 0 Å². The van der Waals surface area contributed by atoms with E-state index in [0.29, 0.717) is 6.10 Å². The average molecular weight is 336 g/mol. The Kier molecular flexibility index (Phi) is 5.12. The van der Waals surface area contributed by atoms with E-state index >= 15 is 0 Å². The fourth-order valence-electron chi connectivity index (χ4n) is 4.11. The maximum atomic E-state index is 6.39. The highest BCUT2D eigenvalue weighted by Gasteiger charge is 2.29. The zero-order valence-electron chi connectivity index (χ0n) is 13.8. The minimum absolute atomic E-state index is 0. The van der Waals surface area contributed by atoms with Crippen molar-refractivity contribution in [3.8, 4) is 5.75 Å². The van der Waals surface area contributed by atoms with Gasteiger partial charge in [0.25, 0.3) is 0 Å². The zero-order valence-corrected chi connectivity index (χ0v) is 14.6. The van der Waals surface area contributed by atoms with Crippen molar-refractivity contribution in [2.45, 2.75) is 57.6 Å². The molecule has 0 amide bonds. The molecule has 2 fully saturated rings. The molecule has 2 atom stereocenters. The number of hydrogen-bond acceptors (Lipinski definition) is 3. The van der Waals surface area contributed by atoms with Crippen LogP contribution in [0, 0.1) is 6.92 Å². The van der Waals surface area contributed by atoms with Gasteiger partial charge in [0.2, 0.25) is 0 Å². The van der Waals surface area contributed by atoms with E-state index in [1.165, 1.54) is 62.6 Å². The van der Waals surface area contributed by atoms with E-state index in [1.54, 1.807) is 0 Å². The van der Waals surface area contributed by atoms with Crippen LogP contribution >= 0.6 is 12.4 Å². The zero-order chi connectivity index (χ0) is 14.9. The van der Waals surface area contributed by atoms with Gasteiger partial charge in [-0.05, 0) is 70.7 Å². The number of benzene rings is 1. The fraction of sp³-hybridized carbons (Fsp3) is 0.611. The van der Waals surface area contributed by atoms with Crippen LogP contribution in [-0.4, -0.2) is 40.3 Å². The molecule has 4 rings (SSSR count). The number of hydrogen-bond donors (Lipinski definition) is 1. The van der Waals surface area contributed by atoms with Crippen molar-refractivity contribution in [2.75, 3.05) is 13.1 Å². The van der Waals surface area contributed by atoms with Gasteiger partial charge in [0.15, 0.2) is 0 Å². The molecule has 0 radical (unpaired) electrons. The number of fused-ring (bicyclic) bond motifs is 1. The third kappa shape index (κ3) is 3.33. The summed E-state index contributed by atoms with van der Waals surface area (Å²) >= 11 is 0. The van der Waals surface area contributed by atoms with Gasteiger partial charge in [-0.2, -0.15) is 5.10 Å². The van der Waals surface area contributed by atoms with Crippen molar-refractivity contribution >= 4 is 23.3 Å². The summed E-state index contributed by atoms with van der Waals surface area (Å²) in [6.45, 7) is 4.71. The quantitative estimate of drug-likeness (QED) is 0.918. The van der Waals surface area contributed by atoms with Gasteiger partial charge in [-0.1, -0.05) is 0 Å². The monoisotopic (exact) mass is 335 g/mol. The third-order valence-corrected chi connectivity index (χ3v) is 5.39. The van der Waals surface area contributed by atoms with Crippen LogP contribution in [0.5, 0.6) is 5.75 Å². The van der Waals surface area contributed by atoms with Gasteiger partial charge >= 0.3 is 0 Å². The maximum absolute atomic E-state index is 6.39. The third-order valence-electron chi connectivity index (χ3n) is 5.39. The molecule has 1 aliphatic carbocycles. The van der Waals surface area contributed by atoms with Crippen molar-refractivity contribution < 1.29 is 4.74 Å². The van der Waals surface area contributed by atoms with E-state index in [-0.39, 0.29) is 12.4 Å². The lowest BCUT2D eigenvalue weighted by molar-refractivity contribution is 0.0882. The highest BCUT2D eigenvalue weighted by molar-refractivity contribution is 5.85. The minimum atomic E-state index is 0. The Balaban J connectivity index is 0.00000156. The van der Waals surface area contributed by atoms with Crippen LogP contribution in [0.25, 0.3) is 10.9 Å². The van der Waals surface area contributed by atoms with Crippen LogP contribution in [0.3, 0.4) is 0 Å². The smallest absolute Gasteiger partial charge is 0.123 e. The highest BCUT2D eigenvalue weighted by atomic mass is 35.5. The Morgan fingerprint density at radius 1 is 1.17 bits per heavy atom. The number of aromatic nitrogens is 2. The Morgan fingerprint density at radius 3 is 2.83 bits per heavy atom. The van der Waals surface area contributed by atoms with E-state index in [2.05, 4.69) is 34.2 Å². The molecule has 1 aromatic carbocycles. The van der Waals surface area contributed by atoms with Crippen molar-refractivity contribution in [1.29, 1.82) is 0 Å². The van der Waals surface area contributed by atoms with Gasteiger partial charge in [-0.3, -0.25) is 5.10 Å². The first-order valence-corrected chi connectivity index (χ1v) is 8.64. The summed E-state index contributed by atoms with van der Waals surface area (Å²) in [7, 11) is 0. The Labute approximate surface area is 144 Å². The van der Waals surface area contributed by atoms with E-state index in [1.807, 2.05) is 6.20 Å². The SMILES string of the molecule is Cc1c(OC2CCCC(N3CCCC3)C2)ccc2[nH]ncc12.Cl. The summed E-state index contributed by atoms with van der Waals surface area (Å²) in [6.07, 6.45) is 10.0. The lowest BCUT2D eigenvalue weighted by Crippen LogP contribution is -2.40. The lowest BCUT2D eigenvalue weighted by atomic mass is 9.91. The van der Waals surface area contributed by atoms with Crippen LogP contribution in [0.2, 0.25) is 0 Å². The molecular weight excluding hydrogens is 310 g/mol. The number of aromatic amines is 1. The second-order valence-electron chi connectivity index (χ2n) is 6.82. The summed E-state index contributed by atoms with van der Waals surface area (Å²) < 4.78 is 6.39. The summed E-state index contributed by atoms with van der Waals surface area (Å²) in [6, 6.07) is 4.90. The Bertz CT molecular complexity index is 651. The first-order chi connectivity index (χ1) is 10.8. The molecule has 1 aliphatic heterocycles. The molecule has 4 nitrogen and oxygen atoms in total. The second-order valence-corrected chi connectivity index (χ2v) is 6.82. The standard InChI is InChI=1S/C18H25N3O.ClH/c1-13-16-12-19-20-17(16)7-8-18(13)22-15-6-4-5-14(11-15)21-9-2-3-10-21;/h7-8,12,14-15H,2-6,9-11H2,1H3,(H,19,20);1H. The van der Waals surface area contributed by atoms with Crippen molar-refractivity contribution in [1.82, 2.24) is 15.1 Å². The number of nitrogens with one attached hydrogen (secondary N) is 1. The van der Waals surface area contributed by atoms with Gasteiger partial charge in [0.05, 0.1) is 11.7 Å². The largest absolute Gasteiger partial charge is 0.490 e. The topological polar surface area (TPSA) is 41.1 Å². The molecule has 0 spiro atoms. The molecule has 2 unspecified atom stereocenters. The maximum Gasteiger partial charge on any atom is 0.123 e. The molecule has 1 saturated carbocycles. The van der Waals surface area contributed by atoms with Gasteiger partial charge < -0.3 is 9.64 Å². The molecule has 5 heteroatoms. The Hall–Kier alpha value is -1.26. The average Bonchev–Trinajstić information content (AvgIpc) is 3.21. The predicted molar refractivity (Wildman–Crippen MR) is 95.6 cm³/mol. The van der Waals surface area contributed by atoms with Gasteiger partial charge in [0.1, 0.15) is 11.9 Å². The molecule has 23 heavy (non-hydrogen) atoms. The molecule has 1 aromatic heterocycles.